The van der Waals surface area contributed by atoms with Crippen molar-refractivity contribution >= 4 is 0 Å². The highest BCUT2D eigenvalue weighted by atomic mass is 16.4. The van der Waals surface area contributed by atoms with Crippen LogP contribution in [0.3, 0.4) is 0 Å². The van der Waals surface area contributed by atoms with Gasteiger partial charge in [-0.1, -0.05) is 5.21 Å². The first-order chi connectivity index (χ1) is 8.19. The third kappa shape index (κ3) is 2.91. The van der Waals surface area contributed by atoms with Crippen molar-refractivity contribution in [3.8, 4) is 0 Å². The average Bonchev–Trinajstić information content (AvgIpc) is 2.85. The molecule has 0 spiro atoms. The molecule has 0 fully saturated rings. The van der Waals surface area contributed by atoms with Gasteiger partial charge < -0.3 is 10.2 Å². The summed E-state index contributed by atoms with van der Waals surface area (Å²) in [4.78, 5) is 4.30. The lowest BCUT2D eigenvalue weighted by Crippen LogP contribution is -2.01. The van der Waals surface area contributed by atoms with Gasteiger partial charge in [-0.3, -0.25) is 0 Å². The number of nitrogens with two attached hydrogens (primary N) is 1. The van der Waals surface area contributed by atoms with Crippen molar-refractivity contribution < 1.29 is 4.42 Å². The monoisotopic (exact) mass is 235 g/mol. The van der Waals surface area contributed by atoms with Gasteiger partial charge in [0.15, 0.2) is 0 Å². The zero-order valence-corrected chi connectivity index (χ0v) is 10.2. The van der Waals surface area contributed by atoms with Crippen LogP contribution in [0.5, 0.6) is 0 Å². The van der Waals surface area contributed by atoms with Crippen LogP contribution in [0.2, 0.25) is 0 Å². The summed E-state index contributed by atoms with van der Waals surface area (Å²) in [5.41, 5.74) is 7.32. The Morgan fingerprint density at radius 1 is 1.41 bits per heavy atom. The van der Waals surface area contributed by atoms with Crippen molar-refractivity contribution in [1.29, 1.82) is 0 Å². The van der Waals surface area contributed by atoms with Crippen molar-refractivity contribution in [1.82, 2.24) is 20.0 Å². The lowest BCUT2D eigenvalue weighted by molar-refractivity contribution is 0.442. The normalized spacial score (nSPS) is 11.0. The first kappa shape index (κ1) is 11.8. The zero-order valence-electron chi connectivity index (χ0n) is 10.2. The predicted molar refractivity (Wildman–Crippen MR) is 62.5 cm³/mol. The third-order valence-corrected chi connectivity index (χ3v) is 2.59. The fourth-order valence-corrected chi connectivity index (χ4v) is 1.56. The van der Waals surface area contributed by atoms with Gasteiger partial charge in [-0.25, -0.2) is 9.67 Å². The fraction of sp³-hybridized carbons (Fsp3) is 0.545. The van der Waals surface area contributed by atoms with E-state index in [1.165, 1.54) is 0 Å². The van der Waals surface area contributed by atoms with Crippen LogP contribution in [0.4, 0.5) is 0 Å². The molecule has 0 amide bonds. The lowest BCUT2D eigenvalue weighted by atomic mass is 10.2. The molecule has 0 aliphatic heterocycles. The molecule has 2 aromatic rings. The van der Waals surface area contributed by atoms with Crippen molar-refractivity contribution in [2.45, 2.75) is 33.2 Å². The third-order valence-electron chi connectivity index (χ3n) is 2.59. The van der Waals surface area contributed by atoms with E-state index in [1.807, 2.05) is 20.0 Å². The molecule has 0 aromatic carbocycles. The number of hydrogen-bond acceptors (Lipinski definition) is 5. The van der Waals surface area contributed by atoms with Crippen LogP contribution in [0.15, 0.2) is 10.6 Å². The summed E-state index contributed by atoms with van der Waals surface area (Å²) in [5, 5.41) is 8.10. The Morgan fingerprint density at radius 3 is 2.88 bits per heavy atom. The maximum atomic E-state index is 5.49. The summed E-state index contributed by atoms with van der Waals surface area (Å²) in [6.07, 6.45) is 3.70. The summed E-state index contributed by atoms with van der Waals surface area (Å²) in [7, 11) is 0. The Morgan fingerprint density at radius 2 is 2.24 bits per heavy atom. The van der Waals surface area contributed by atoms with E-state index in [9.17, 15) is 0 Å². The minimum Gasteiger partial charge on any atom is -0.444 e. The first-order valence-electron chi connectivity index (χ1n) is 5.71. The van der Waals surface area contributed by atoms with Crippen LogP contribution < -0.4 is 5.73 Å². The molecule has 0 aliphatic carbocycles. The number of aromatic nitrogens is 4. The van der Waals surface area contributed by atoms with Crippen molar-refractivity contribution in [2.24, 2.45) is 5.73 Å². The highest BCUT2D eigenvalue weighted by Crippen LogP contribution is 2.09. The molecule has 0 atom stereocenters. The standard InChI is InChI=1S/C11H17N5O/c1-8-9(2)17-11(13-8)7-16-6-10(14-15-16)4-3-5-12/h6H,3-5,7,12H2,1-2H3. The van der Waals surface area contributed by atoms with Gasteiger partial charge in [0.25, 0.3) is 0 Å². The van der Waals surface area contributed by atoms with Gasteiger partial charge in [0, 0.05) is 6.20 Å². The number of aryl methyl sites for hydroxylation is 3. The second-order valence-electron chi connectivity index (χ2n) is 4.05. The molecule has 2 N–H and O–H groups in total. The van der Waals surface area contributed by atoms with Crippen molar-refractivity contribution in [3.05, 3.63) is 29.2 Å². The first-order valence-corrected chi connectivity index (χ1v) is 5.71. The summed E-state index contributed by atoms with van der Waals surface area (Å²) < 4.78 is 7.22. The van der Waals surface area contributed by atoms with Gasteiger partial charge in [-0.2, -0.15) is 0 Å². The Kier molecular flexibility index (Phi) is 3.53. The van der Waals surface area contributed by atoms with E-state index in [-0.39, 0.29) is 0 Å². The molecule has 0 aliphatic rings. The van der Waals surface area contributed by atoms with Gasteiger partial charge in [-0.15, -0.1) is 5.10 Å². The van der Waals surface area contributed by atoms with Gasteiger partial charge in [-0.05, 0) is 33.2 Å². The summed E-state index contributed by atoms with van der Waals surface area (Å²) >= 11 is 0. The van der Waals surface area contributed by atoms with Crippen LogP contribution in [0.1, 0.15) is 29.5 Å². The second-order valence-corrected chi connectivity index (χ2v) is 4.05. The van der Waals surface area contributed by atoms with Crippen LogP contribution >= 0.6 is 0 Å². The summed E-state index contributed by atoms with van der Waals surface area (Å²) in [6, 6.07) is 0. The van der Waals surface area contributed by atoms with Gasteiger partial charge in [0.05, 0.1) is 11.4 Å². The molecule has 0 bridgehead atoms. The second kappa shape index (κ2) is 5.09. The molecule has 0 unspecified atom stereocenters. The maximum Gasteiger partial charge on any atom is 0.216 e. The highest BCUT2D eigenvalue weighted by molar-refractivity contribution is 5.05. The fourth-order valence-electron chi connectivity index (χ4n) is 1.56. The summed E-state index contributed by atoms with van der Waals surface area (Å²) in [6.45, 7) is 5.02. The van der Waals surface area contributed by atoms with E-state index in [2.05, 4.69) is 15.3 Å². The maximum absolute atomic E-state index is 5.49. The number of hydrogen-bond donors (Lipinski definition) is 1. The van der Waals surface area contributed by atoms with Gasteiger partial charge in [0.1, 0.15) is 12.3 Å². The van der Waals surface area contributed by atoms with Crippen LogP contribution in [-0.2, 0) is 13.0 Å². The Hall–Kier alpha value is -1.69. The van der Waals surface area contributed by atoms with Gasteiger partial charge >= 0.3 is 0 Å². The molecular weight excluding hydrogens is 218 g/mol. The Labute approximate surface area is 99.8 Å². The zero-order chi connectivity index (χ0) is 12.3. The molecule has 6 heteroatoms. The largest absolute Gasteiger partial charge is 0.444 e. The molecule has 17 heavy (non-hydrogen) atoms. The molecule has 2 aromatic heterocycles. The van der Waals surface area contributed by atoms with Gasteiger partial charge in [0.2, 0.25) is 5.89 Å². The SMILES string of the molecule is Cc1nc(Cn2cc(CCCN)nn2)oc1C. The minimum absolute atomic E-state index is 0.518. The molecule has 2 heterocycles. The minimum atomic E-state index is 0.518. The number of nitrogens with zero attached hydrogens (tertiary/aromatic N) is 4. The van der Waals surface area contributed by atoms with E-state index in [1.54, 1.807) is 4.68 Å². The smallest absolute Gasteiger partial charge is 0.216 e. The van der Waals surface area contributed by atoms with Crippen LogP contribution in [-0.4, -0.2) is 26.5 Å². The molecule has 0 radical (unpaired) electrons. The van der Waals surface area contributed by atoms with E-state index in [4.69, 9.17) is 10.2 Å². The Bertz CT molecular complexity index is 468. The predicted octanol–water partition coefficient (Wildman–Crippen LogP) is 0.823. The molecular formula is C11H17N5O. The van der Waals surface area contributed by atoms with E-state index in [0.29, 0.717) is 19.0 Å². The number of oxazole rings is 1. The van der Waals surface area contributed by atoms with Crippen LogP contribution in [0, 0.1) is 13.8 Å². The molecule has 6 nitrogen and oxygen atoms in total. The van der Waals surface area contributed by atoms with E-state index in [0.717, 1.165) is 30.0 Å². The lowest BCUT2D eigenvalue weighted by Gasteiger charge is -1.94. The molecule has 2 rings (SSSR count). The quantitative estimate of drug-likeness (QED) is 0.829. The van der Waals surface area contributed by atoms with Crippen molar-refractivity contribution in [3.63, 3.8) is 0 Å². The van der Waals surface area contributed by atoms with E-state index >= 15 is 0 Å². The molecule has 0 saturated carbocycles. The Balaban J connectivity index is 2.01. The number of rotatable bonds is 5. The topological polar surface area (TPSA) is 82.8 Å². The molecule has 0 saturated heterocycles. The average molecular weight is 235 g/mol. The molecule has 92 valence electrons. The summed E-state index contributed by atoms with van der Waals surface area (Å²) in [5.74, 6) is 1.51. The van der Waals surface area contributed by atoms with Crippen molar-refractivity contribution in [2.75, 3.05) is 6.54 Å². The van der Waals surface area contributed by atoms with E-state index < -0.39 is 0 Å². The highest BCUT2D eigenvalue weighted by Gasteiger charge is 2.07. The van der Waals surface area contributed by atoms with Crippen LogP contribution in [0.25, 0.3) is 0 Å².